The van der Waals surface area contributed by atoms with Crippen LogP contribution in [-0.4, -0.2) is 15.5 Å². The number of carbonyl (C=O) groups excluding carboxylic acids is 1. The van der Waals surface area contributed by atoms with Crippen molar-refractivity contribution in [3.8, 4) is 0 Å². The molecule has 0 saturated carbocycles. The average molecular weight is 391 g/mol. The number of hydrogen-bond donors (Lipinski definition) is 1. The van der Waals surface area contributed by atoms with E-state index in [-0.39, 0.29) is 12.5 Å². The first-order valence-corrected chi connectivity index (χ1v) is 7.68. The van der Waals surface area contributed by atoms with Gasteiger partial charge in [-0.3, -0.25) is 4.79 Å². The first-order chi connectivity index (χ1) is 10.1. The highest BCUT2D eigenvalue weighted by Crippen LogP contribution is 2.16. The van der Waals surface area contributed by atoms with Crippen molar-refractivity contribution in [3.63, 3.8) is 0 Å². The number of nitrogens with zero attached hydrogens (tertiary/aromatic N) is 2. The maximum Gasteiger partial charge on any atom is 0.244 e. The average Bonchev–Trinajstić information content (AvgIpc) is 2.78. The number of hydrogen-bond acceptors (Lipinski definition) is 2. The normalized spacial score (nSPS) is 10.8. The number of rotatable bonds is 3. The van der Waals surface area contributed by atoms with Gasteiger partial charge in [-0.05, 0) is 65.9 Å². The summed E-state index contributed by atoms with van der Waals surface area (Å²) >= 11 is 2.24. The van der Waals surface area contributed by atoms with Crippen molar-refractivity contribution in [1.29, 1.82) is 0 Å². The van der Waals surface area contributed by atoms with Gasteiger partial charge in [-0.25, -0.2) is 4.98 Å². The summed E-state index contributed by atoms with van der Waals surface area (Å²) in [7, 11) is 0. The van der Waals surface area contributed by atoms with Gasteiger partial charge >= 0.3 is 0 Å². The van der Waals surface area contributed by atoms with Crippen LogP contribution in [0.1, 0.15) is 5.82 Å². The quantitative estimate of drug-likeness (QED) is 0.694. The molecule has 1 aromatic heterocycles. The largest absolute Gasteiger partial charge is 0.325 e. The summed E-state index contributed by atoms with van der Waals surface area (Å²) in [6.45, 7) is 2.18. The van der Waals surface area contributed by atoms with Gasteiger partial charge in [0.05, 0.1) is 11.0 Å². The highest BCUT2D eigenvalue weighted by molar-refractivity contribution is 14.1. The van der Waals surface area contributed by atoms with Gasteiger partial charge in [0.15, 0.2) is 0 Å². The van der Waals surface area contributed by atoms with Crippen LogP contribution in [0.25, 0.3) is 11.0 Å². The lowest BCUT2D eigenvalue weighted by atomic mass is 10.3. The number of nitrogens with one attached hydrogen (secondary N) is 1. The van der Waals surface area contributed by atoms with Crippen molar-refractivity contribution in [2.24, 2.45) is 0 Å². The minimum Gasteiger partial charge on any atom is -0.325 e. The van der Waals surface area contributed by atoms with Crippen molar-refractivity contribution in [2.45, 2.75) is 13.5 Å². The van der Waals surface area contributed by atoms with Crippen LogP contribution in [0.3, 0.4) is 0 Å². The lowest BCUT2D eigenvalue weighted by Crippen LogP contribution is -2.19. The molecule has 0 unspecified atom stereocenters. The molecule has 2 aromatic carbocycles. The Morgan fingerprint density at radius 3 is 2.67 bits per heavy atom. The van der Waals surface area contributed by atoms with Gasteiger partial charge in [0.2, 0.25) is 5.91 Å². The van der Waals surface area contributed by atoms with Crippen LogP contribution in [0.2, 0.25) is 0 Å². The Hall–Kier alpha value is -1.89. The number of para-hydroxylation sites is 2. The smallest absolute Gasteiger partial charge is 0.244 e. The number of benzene rings is 2. The van der Waals surface area contributed by atoms with Gasteiger partial charge < -0.3 is 9.88 Å². The number of aryl methyl sites for hydroxylation is 1. The first-order valence-electron chi connectivity index (χ1n) is 6.61. The van der Waals surface area contributed by atoms with Crippen molar-refractivity contribution in [2.75, 3.05) is 5.32 Å². The third-order valence-corrected chi connectivity index (χ3v) is 3.99. The molecular weight excluding hydrogens is 377 g/mol. The van der Waals surface area contributed by atoms with Crippen molar-refractivity contribution in [1.82, 2.24) is 9.55 Å². The van der Waals surface area contributed by atoms with Gasteiger partial charge in [0, 0.05) is 9.26 Å². The molecule has 5 heteroatoms. The Labute approximate surface area is 136 Å². The maximum absolute atomic E-state index is 12.2. The second-order valence-electron chi connectivity index (χ2n) is 4.79. The van der Waals surface area contributed by atoms with Crippen LogP contribution in [0.15, 0.2) is 48.5 Å². The molecule has 0 aliphatic carbocycles. The van der Waals surface area contributed by atoms with Crippen molar-refractivity contribution < 1.29 is 4.79 Å². The summed E-state index contributed by atoms with van der Waals surface area (Å²) in [5.41, 5.74) is 2.70. The number of anilines is 1. The van der Waals surface area contributed by atoms with Crippen molar-refractivity contribution >= 4 is 45.2 Å². The summed E-state index contributed by atoms with van der Waals surface area (Å²) in [5, 5.41) is 2.91. The van der Waals surface area contributed by atoms with Crippen LogP contribution in [0, 0.1) is 10.5 Å². The molecule has 1 amide bonds. The molecule has 21 heavy (non-hydrogen) atoms. The standard InChI is InChI=1S/C16H14IN3O/c1-11-18-14-4-2-3-5-15(14)20(11)10-16(21)19-13-8-6-12(17)7-9-13/h2-9H,10H2,1H3,(H,19,21). The SMILES string of the molecule is Cc1nc2ccccc2n1CC(=O)Nc1ccc(I)cc1. The van der Waals surface area contributed by atoms with Crippen molar-refractivity contribution in [3.05, 3.63) is 57.9 Å². The highest BCUT2D eigenvalue weighted by Gasteiger charge is 2.10. The topological polar surface area (TPSA) is 46.9 Å². The minimum atomic E-state index is -0.0533. The number of halogens is 1. The Morgan fingerprint density at radius 2 is 1.90 bits per heavy atom. The third-order valence-electron chi connectivity index (χ3n) is 3.28. The fourth-order valence-corrected chi connectivity index (χ4v) is 2.63. The molecule has 0 bridgehead atoms. The molecule has 0 atom stereocenters. The van der Waals surface area contributed by atoms with Crippen LogP contribution in [0.5, 0.6) is 0 Å². The van der Waals surface area contributed by atoms with E-state index in [1.807, 2.05) is 60.0 Å². The van der Waals surface area contributed by atoms with E-state index in [4.69, 9.17) is 0 Å². The van der Waals surface area contributed by atoms with E-state index >= 15 is 0 Å². The molecule has 1 N–H and O–H groups in total. The molecule has 1 heterocycles. The van der Waals surface area contributed by atoms with E-state index in [0.29, 0.717) is 0 Å². The first kappa shape index (κ1) is 14.1. The summed E-state index contributed by atoms with van der Waals surface area (Å²) in [4.78, 5) is 16.7. The van der Waals surface area contributed by atoms with Gasteiger partial charge in [-0.15, -0.1) is 0 Å². The molecule has 106 valence electrons. The molecule has 0 saturated heterocycles. The lowest BCUT2D eigenvalue weighted by Gasteiger charge is -2.08. The zero-order chi connectivity index (χ0) is 14.8. The maximum atomic E-state index is 12.2. The fourth-order valence-electron chi connectivity index (χ4n) is 2.27. The molecular formula is C16H14IN3O. The molecule has 0 radical (unpaired) electrons. The van der Waals surface area contributed by atoms with Gasteiger partial charge in [-0.2, -0.15) is 0 Å². The zero-order valence-electron chi connectivity index (χ0n) is 11.5. The Kier molecular flexibility index (Phi) is 3.92. The molecule has 3 aromatic rings. The molecule has 0 aliphatic rings. The predicted molar refractivity (Wildman–Crippen MR) is 92.3 cm³/mol. The summed E-state index contributed by atoms with van der Waals surface area (Å²) in [5.74, 6) is 0.788. The van der Waals surface area contributed by atoms with Gasteiger partial charge in [-0.1, -0.05) is 12.1 Å². The minimum absolute atomic E-state index is 0.0533. The number of imidazole rings is 1. The number of amides is 1. The Bertz CT molecular complexity index is 793. The monoisotopic (exact) mass is 391 g/mol. The summed E-state index contributed by atoms with van der Waals surface area (Å²) in [6, 6.07) is 15.6. The van der Waals surface area contributed by atoms with E-state index in [0.717, 1.165) is 26.1 Å². The van der Waals surface area contributed by atoms with Crippen LogP contribution < -0.4 is 5.32 Å². The second kappa shape index (κ2) is 5.85. The predicted octanol–water partition coefficient (Wildman–Crippen LogP) is 3.59. The summed E-state index contributed by atoms with van der Waals surface area (Å²) < 4.78 is 3.07. The number of fused-ring (bicyclic) bond motifs is 1. The van der Waals surface area contributed by atoms with Crippen LogP contribution in [-0.2, 0) is 11.3 Å². The Balaban J connectivity index is 1.80. The molecule has 0 aliphatic heterocycles. The molecule has 0 fully saturated rings. The van der Waals surface area contributed by atoms with E-state index < -0.39 is 0 Å². The lowest BCUT2D eigenvalue weighted by molar-refractivity contribution is -0.116. The van der Waals surface area contributed by atoms with E-state index in [9.17, 15) is 4.79 Å². The van der Waals surface area contributed by atoms with Gasteiger partial charge in [0.1, 0.15) is 12.4 Å². The van der Waals surface area contributed by atoms with E-state index in [1.165, 1.54) is 0 Å². The zero-order valence-corrected chi connectivity index (χ0v) is 13.7. The second-order valence-corrected chi connectivity index (χ2v) is 6.03. The van der Waals surface area contributed by atoms with Crippen LogP contribution >= 0.6 is 22.6 Å². The molecule has 4 nitrogen and oxygen atoms in total. The number of carbonyl (C=O) groups is 1. The third kappa shape index (κ3) is 3.07. The highest BCUT2D eigenvalue weighted by atomic mass is 127. The van der Waals surface area contributed by atoms with Crippen LogP contribution in [0.4, 0.5) is 5.69 Å². The molecule has 3 rings (SSSR count). The molecule has 0 spiro atoms. The fraction of sp³-hybridized carbons (Fsp3) is 0.125. The number of aromatic nitrogens is 2. The van der Waals surface area contributed by atoms with E-state index in [2.05, 4.69) is 32.9 Å². The summed E-state index contributed by atoms with van der Waals surface area (Å²) in [6.07, 6.45) is 0. The van der Waals surface area contributed by atoms with Gasteiger partial charge in [0.25, 0.3) is 0 Å². The van der Waals surface area contributed by atoms with E-state index in [1.54, 1.807) is 0 Å². The Morgan fingerprint density at radius 1 is 1.19 bits per heavy atom.